The second-order valence-electron chi connectivity index (χ2n) is 2.71. The minimum Gasteiger partial charge on any atom is -0.431 e. The van der Waals surface area contributed by atoms with Crippen molar-refractivity contribution in [3.8, 4) is 0 Å². The molecule has 2 rings (SSSR count). The summed E-state index contributed by atoms with van der Waals surface area (Å²) >= 11 is 1.34. The Bertz CT molecular complexity index is 455. The van der Waals surface area contributed by atoms with Crippen LogP contribution in [0, 0.1) is 0 Å². The Balaban J connectivity index is 2.54. The van der Waals surface area contributed by atoms with Gasteiger partial charge in [0.15, 0.2) is 5.58 Å². The van der Waals surface area contributed by atoms with Crippen LogP contribution in [0.15, 0.2) is 27.8 Å². The number of nitrogens with zero attached hydrogens (tertiary/aromatic N) is 1. The Morgan fingerprint density at radius 1 is 1.43 bits per heavy atom. The third-order valence-corrected chi connectivity index (χ3v) is 2.34. The minimum atomic E-state index is -2.46. The predicted molar refractivity (Wildman–Crippen MR) is 50.7 cm³/mol. The maximum absolute atomic E-state index is 12.3. The van der Waals surface area contributed by atoms with E-state index in [4.69, 9.17) is 4.42 Å². The molecule has 0 aliphatic rings. The molecule has 1 aromatic carbocycles. The summed E-state index contributed by atoms with van der Waals surface area (Å²) < 4.78 is 29.9. The molecular formula is C9H7F2NOS. The minimum absolute atomic E-state index is 0.0292. The van der Waals surface area contributed by atoms with Crippen molar-refractivity contribution in [3.05, 3.63) is 23.8 Å². The number of fused-ring (bicyclic) bond motifs is 1. The lowest BCUT2D eigenvalue weighted by atomic mass is 10.2. The molecule has 14 heavy (non-hydrogen) atoms. The van der Waals surface area contributed by atoms with Crippen LogP contribution in [0.25, 0.3) is 11.1 Å². The molecule has 0 fully saturated rings. The Hall–Kier alpha value is -1.10. The predicted octanol–water partition coefficient (Wildman–Crippen LogP) is 3.49. The summed E-state index contributed by atoms with van der Waals surface area (Å²) in [4.78, 5) is 4.04. The van der Waals surface area contributed by atoms with Crippen molar-refractivity contribution in [1.82, 2.24) is 4.98 Å². The lowest BCUT2D eigenvalue weighted by Crippen LogP contribution is -1.82. The van der Waals surface area contributed by atoms with Crippen LogP contribution in [0.2, 0.25) is 0 Å². The summed E-state index contributed by atoms with van der Waals surface area (Å²) in [7, 11) is 0. The van der Waals surface area contributed by atoms with Gasteiger partial charge in [-0.15, -0.1) is 0 Å². The van der Waals surface area contributed by atoms with Crippen molar-refractivity contribution in [3.63, 3.8) is 0 Å². The Kier molecular flexibility index (Phi) is 2.41. The quantitative estimate of drug-likeness (QED) is 0.717. The van der Waals surface area contributed by atoms with E-state index in [1.807, 2.05) is 6.26 Å². The molecular weight excluding hydrogens is 208 g/mol. The Morgan fingerprint density at radius 3 is 2.86 bits per heavy atom. The average Bonchev–Trinajstić information content (AvgIpc) is 2.58. The summed E-state index contributed by atoms with van der Waals surface area (Å²) in [5, 5.41) is 0.492. The molecule has 0 bridgehead atoms. The smallest absolute Gasteiger partial charge is 0.263 e. The van der Waals surface area contributed by atoms with E-state index in [2.05, 4.69) is 4.98 Å². The first-order valence-electron chi connectivity index (χ1n) is 3.93. The fourth-order valence-corrected chi connectivity index (χ4v) is 1.51. The van der Waals surface area contributed by atoms with Gasteiger partial charge in [0.1, 0.15) is 5.52 Å². The molecule has 0 unspecified atom stereocenters. The molecule has 1 aromatic heterocycles. The van der Waals surface area contributed by atoms with Gasteiger partial charge in [-0.05, 0) is 24.5 Å². The number of thioether (sulfide) groups is 1. The topological polar surface area (TPSA) is 26.0 Å². The van der Waals surface area contributed by atoms with Gasteiger partial charge in [0, 0.05) is 5.56 Å². The number of oxazole rings is 1. The van der Waals surface area contributed by atoms with Crippen LogP contribution in [0.4, 0.5) is 8.78 Å². The number of alkyl halides is 2. The molecule has 74 valence electrons. The van der Waals surface area contributed by atoms with E-state index < -0.39 is 6.43 Å². The molecule has 0 saturated carbocycles. The van der Waals surface area contributed by atoms with Crippen molar-refractivity contribution < 1.29 is 13.2 Å². The highest BCUT2D eigenvalue weighted by atomic mass is 32.2. The molecule has 2 aromatic rings. The number of hydrogen-bond donors (Lipinski definition) is 0. The van der Waals surface area contributed by atoms with E-state index in [1.54, 1.807) is 0 Å². The number of aromatic nitrogens is 1. The first-order chi connectivity index (χ1) is 6.70. The van der Waals surface area contributed by atoms with E-state index in [0.717, 1.165) is 0 Å². The van der Waals surface area contributed by atoms with Gasteiger partial charge >= 0.3 is 0 Å². The first-order valence-corrected chi connectivity index (χ1v) is 5.16. The van der Waals surface area contributed by atoms with E-state index in [0.29, 0.717) is 16.3 Å². The fraction of sp³-hybridized carbons (Fsp3) is 0.222. The van der Waals surface area contributed by atoms with Crippen LogP contribution in [-0.2, 0) is 0 Å². The zero-order valence-electron chi connectivity index (χ0n) is 7.33. The highest BCUT2D eigenvalue weighted by Crippen LogP contribution is 2.26. The van der Waals surface area contributed by atoms with Crippen LogP contribution >= 0.6 is 11.8 Å². The van der Waals surface area contributed by atoms with Crippen LogP contribution in [0.3, 0.4) is 0 Å². The second-order valence-corrected chi connectivity index (χ2v) is 3.47. The number of benzene rings is 1. The summed E-state index contributed by atoms with van der Waals surface area (Å²) in [5.41, 5.74) is 0.990. The summed E-state index contributed by atoms with van der Waals surface area (Å²) in [5.74, 6) is 0. The van der Waals surface area contributed by atoms with Crippen LogP contribution < -0.4 is 0 Å². The monoisotopic (exact) mass is 215 g/mol. The number of hydrogen-bond acceptors (Lipinski definition) is 3. The highest BCUT2D eigenvalue weighted by Gasteiger charge is 2.10. The van der Waals surface area contributed by atoms with Gasteiger partial charge in [0.25, 0.3) is 11.6 Å². The molecule has 0 spiro atoms. The summed E-state index contributed by atoms with van der Waals surface area (Å²) in [6, 6.07) is 4.22. The van der Waals surface area contributed by atoms with E-state index in [-0.39, 0.29) is 5.56 Å². The van der Waals surface area contributed by atoms with Crippen molar-refractivity contribution >= 4 is 22.9 Å². The Morgan fingerprint density at radius 2 is 2.21 bits per heavy atom. The SMILES string of the molecule is CSc1nc2cc(C(F)F)ccc2o1. The summed E-state index contributed by atoms with van der Waals surface area (Å²) in [6.45, 7) is 0. The van der Waals surface area contributed by atoms with Gasteiger partial charge in [0.05, 0.1) is 0 Å². The largest absolute Gasteiger partial charge is 0.431 e. The molecule has 0 amide bonds. The summed E-state index contributed by atoms with van der Waals surface area (Å²) in [6.07, 6.45) is -0.646. The molecule has 0 atom stereocenters. The first kappa shape index (κ1) is 9.45. The van der Waals surface area contributed by atoms with E-state index in [9.17, 15) is 8.78 Å². The van der Waals surface area contributed by atoms with Crippen LogP contribution in [0.1, 0.15) is 12.0 Å². The molecule has 2 nitrogen and oxygen atoms in total. The second kappa shape index (κ2) is 3.57. The van der Waals surface area contributed by atoms with Gasteiger partial charge in [-0.2, -0.15) is 0 Å². The van der Waals surface area contributed by atoms with Crippen LogP contribution in [-0.4, -0.2) is 11.2 Å². The zero-order valence-corrected chi connectivity index (χ0v) is 8.15. The van der Waals surface area contributed by atoms with Gasteiger partial charge in [-0.3, -0.25) is 0 Å². The molecule has 0 N–H and O–H groups in total. The van der Waals surface area contributed by atoms with Gasteiger partial charge in [-0.25, -0.2) is 13.8 Å². The fourth-order valence-electron chi connectivity index (χ4n) is 1.15. The molecule has 5 heteroatoms. The third-order valence-electron chi connectivity index (χ3n) is 1.82. The standard InChI is InChI=1S/C9H7F2NOS/c1-14-9-12-6-4-5(8(10)11)2-3-7(6)13-9/h2-4,8H,1H3. The lowest BCUT2D eigenvalue weighted by molar-refractivity contribution is 0.151. The molecule has 0 saturated heterocycles. The number of halogens is 2. The number of rotatable bonds is 2. The van der Waals surface area contributed by atoms with Gasteiger partial charge in [0.2, 0.25) is 0 Å². The van der Waals surface area contributed by atoms with Crippen molar-refractivity contribution in [2.24, 2.45) is 0 Å². The lowest BCUT2D eigenvalue weighted by Gasteiger charge is -1.96. The highest BCUT2D eigenvalue weighted by molar-refractivity contribution is 7.98. The van der Waals surface area contributed by atoms with Gasteiger partial charge in [-0.1, -0.05) is 11.8 Å². The Labute approximate surface area is 83.3 Å². The van der Waals surface area contributed by atoms with Gasteiger partial charge < -0.3 is 4.42 Å². The molecule has 1 heterocycles. The van der Waals surface area contributed by atoms with E-state index in [1.165, 1.54) is 30.0 Å². The van der Waals surface area contributed by atoms with Crippen molar-refractivity contribution in [2.45, 2.75) is 11.6 Å². The van der Waals surface area contributed by atoms with E-state index >= 15 is 0 Å². The normalized spacial score (nSPS) is 11.4. The maximum Gasteiger partial charge on any atom is 0.263 e. The maximum atomic E-state index is 12.3. The molecule has 0 radical (unpaired) electrons. The molecule has 0 aliphatic heterocycles. The van der Waals surface area contributed by atoms with Crippen molar-refractivity contribution in [1.29, 1.82) is 0 Å². The zero-order chi connectivity index (χ0) is 10.1. The third kappa shape index (κ3) is 1.59. The average molecular weight is 215 g/mol. The molecule has 0 aliphatic carbocycles. The van der Waals surface area contributed by atoms with Crippen molar-refractivity contribution in [2.75, 3.05) is 6.26 Å². The van der Waals surface area contributed by atoms with Crippen LogP contribution in [0.5, 0.6) is 0 Å².